The van der Waals surface area contributed by atoms with Gasteiger partial charge in [-0.3, -0.25) is 9.88 Å². The average Bonchev–Trinajstić information content (AvgIpc) is 2.41. The first kappa shape index (κ1) is 14.0. The Kier molecular flexibility index (Phi) is 5.15. The fraction of sp³-hybridized carbons (Fsp3) is 0.643. The monoisotopic (exact) mass is 312 g/mol. The van der Waals surface area contributed by atoms with Gasteiger partial charge in [0.2, 0.25) is 0 Å². The third-order valence-electron chi connectivity index (χ3n) is 3.60. The van der Waals surface area contributed by atoms with Gasteiger partial charge in [-0.2, -0.15) is 0 Å². The van der Waals surface area contributed by atoms with Crippen molar-refractivity contribution in [1.29, 1.82) is 0 Å². The molecule has 100 valence electrons. The predicted molar refractivity (Wildman–Crippen MR) is 76.9 cm³/mol. The highest BCUT2D eigenvalue weighted by molar-refractivity contribution is 9.09. The number of alkyl halides is 1. The highest BCUT2D eigenvalue weighted by atomic mass is 79.9. The first-order valence-electron chi connectivity index (χ1n) is 6.46. The molecule has 1 aromatic rings. The van der Waals surface area contributed by atoms with E-state index in [-0.39, 0.29) is 0 Å². The summed E-state index contributed by atoms with van der Waals surface area (Å²) >= 11 is 3.68. The second-order valence-corrected chi connectivity index (χ2v) is 5.80. The summed E-state index contributed by atoms with van der Waals surface area (Å²) in [6.45, 7) is 3.79. The highest BCUT2D eigenvalue weighted by Gasteiger charge is 2.32. The normalized spacial score (nSPS) is 19.1. The Hall–Kier alpha value is -0.450. The minimum absolute atomic E-state index is 0.363. The van der Waals surface area contributed by atoms with E-state index in [1.807, 2.05) is 18.3 Å². The van der Waals surface area contributed by atoms with Crippen LogP contribution >= 0.6 is 15.9 Å². The Bertz CT molecular complexity index is 352. The van der Waals surface area contributed by atoms with E-state index in [9.17, 15) is 0 Å². The quantitative estimate of drug-likeness (QED) is 0.782. The van der Waals surface area contributed by atoms with Crippen molar-refractivity contribution in [2.45, 2.75) is 19.4 Å². The minimum atomic E-state index is 0.363. The van der Waals surface area contributed by atoms with Crippen molar-refractivity contribution >= 4 is 15.9 Å². The molecule has 1 aromatic heterocycles. The van der Waals surface area contributed by atoms with Crippen LogP contribution in [-0.4, -0.2) is 42.0 Å². The topological polar surface area (TPSA) is 25.4 Å². The first-order valence-corrected chi connectivity index (χ1v) is 7.58. The third-order valence-corrected chi connectivity index (χ3v) is 4.79. The maximum absolute atomic E-state index is 5.47. The Morgan fingerprint density at radius 1 is 1.39 bits per heavy atom. The number of pyridine rings is 1. The zero-order valence-electron chi connectivity index (χ0n) is 10.9. The molecule has 0 atom stereocenters. The van der Waals surface area contributed by atoms with Gasteiger partial charge in [-0.25, -0.2) is 0 Å². The number of hydrogen-bond acceptors (Lipinski definition) is 3. The zero-order chi connectivity index (χ0) is 12.8. The molecule has 0 spiro atoms. The summed E-state index contributed by atoms with van der Waals surface area (Å²) in [6.07, 6.45) is 4.15. The van der Waals surface area contributed by atoms with Crippen LogP contribution in [0.4, 0.5) is 0 Å². The molecular formula is C14H21BrN2O. The van der Waals surface area contributed by atoms with Gasteiger partial charge in [0.25, 0.3) is 0 Å². The van der Waals surface area contributed by atoms with Gasteiger partial charge in [0, 0.05) is 37.8 Å². The van der Waals surface area contributed by atoms with Gasteiger partial charge in [0.1, 0.15) is 0 Å². The Labute approximate surface area is 118 Å². The summed E-state index contributed by atoms with van der Waals surface area (Å²) in [5.74, 6) is 0. The summed E-state index contributed by atoms with van der Waals surface area (Å²) in [5, 5.41) is 1.05. The van der Waals surface area contributed by atoms with Crippen LogP contribution in [0.2, 0.25) is 0 Å². The van der Waals surface area contributed by atoms with E-state index in [0.717, 1.165) is 50.2 Å². The van der Waals surface area contributed by atoms with Crippen LogP contribution in [0.1, 0.15) is 18.5 Å². The minimum Gasteiger partial charge on any atom is -0.381 e. The smallest absolute Gasteiger partial charge is 0.0543 e. The van der Waals surface area contributed by atoms with Gasteiger partial charge < -0.3 is 4.74 Å². The van der Waals surface area contributed by atoms with Crippen molar-refractivity contribution in [3.05, 3.63) is 30.1 Å². The van der Waals surface area contributed by atoms with Gasteiger partial charge in [0.15, 0.2) is 0 Å². The van der Waals surface area contributed by atoms with Gasteiger partial charge in [-0.1, -0.05) is 22.0 Å². The molecule has 1 aliphatic heterocycles. The van der Waals surface area contributed by atoms with Crippen LogP contribution in [0.3, 0.4) is 0 Å². The van der Waals surface area contributed by atoms with Gasteiger partial charge in [-0.15, -0.1) is 0 Å². The van der Waals surface area contributed by atoms with Crippen LogP contribution in [0.25, 0.3) is 0 Å². The molecule has 2 rings (SSSR count). The summed E-state index contributed by atoms with van der Waals surface area (Å²) in [5.41, 5.74) is 1.50. The molecule has 0 aliphatic carbocycles. The van der Waals surface area contributed by atoms with Crippen molar-refractivity contribution < 1.29 is 4.74 Å². The van der Waals surface area contributed by atoms with Crippen molar-refractivity contribution in [3.8, 4) is 0 Å². The summed E-state index contributed by atoms with van der Waals surface area (Å²) < 4.78 is 5.47. The maximum Gasteiger partial charge on any atom is 0.0543 e. The van der Waals surface area contributed by atoms with E-state index in [0.29, 0.717) is 5.41 Å². The first-order chi connectivity index (χ1) is 8.74. The molecule has 2 heterocycles. The fourth-order valence-corrected chi connectivity index (χ4v) is 3.27. The fourth-order valence-electron chi connectivity index (χ4n) is 2.54. The lowest BCUT2D eigenvalue weighted by molar-refractivity contribution is 0.0108. The second kappa shape index (κ2) is 6.64. The highest BCUT2D eigenvalue weighted by Crippen LogP contribution is 2.33. The number of rotatable bonds is 5. The molecular weight excluding hydrogens is 292 g/mol. The van der Waals surface area contributed by atoms with E-state index in [4.69, 9.17) is 4.74 Å². The largest absolute Gasteiger partial charge is 0.381 e. The molecule has 4 heteroatoms. The zero-order valence-corrected chi connectivity index (χ0v) is 12.5. The SMILES string of the molecule is CN(Cc1ccccn1)CC1(CBr)CCOCC1. The number of ether oxygens (including phenoxy) is 1. The Morgan fingerprint density at radius 3 is 2.78 bits per heavy atom. The van der Waals surface area contributed by atoms with E-state index in [1.165, 1.54) is 0 Å². The van der Waals surface area contributed by atoms with Crippen LogP contribution in [0.5, 0.6) is 0 Å². The van der Waals surface area contributed by atoms with E-state index in [2.05, 4.69) is 38.9 Å². The second-order valence-electron chi connectivity index (χ2n) is 5.24. The number of nitrogens with zero attached hydrogens (tertiary/aromatic N) is 2. The molecule has 1 saturated heterocycles. The molecule has 0 amide bonds. The van der Waals surface area contributed by atoms with Crippen molar-refractivity contribution in [2.24, 2.45) is 5.41 Å². The third kappa shape index (κ3) is 3.77. The summed E-state index contributed by atoms with van der Waals surface area (Å²) in [4.78, 5) is 6.75. The van der Waals surface area contributed by atoms with E-state index in [1.54, 1.807) is 0 Å². The number of hydrogen-bond donors (Lipinski definition) is 0. The molecule has 0 N–H and O–H groups in total. The molecule has 1 aliphatic rings. The number of aromatic nitrogens is 1. The summed E-state index contributed by atoms with van der Waals surface area (Å²) in [7, 11) is 2.18. The lowest BCUT2D eigenvalue weighted by atomic mass is 9.82. The molecule has 18 heavy (non-hydrogen) atoms. The van der Waals surface area contributed by atoms with Crippen molar-refractivity contribution in [3.63, 3.8) is 0 Å². The Morgan fingerprint density at radius 2 is 2.17 bits per heavy atom. The molecule has 3 nitrogen and oxygen atoms in total. The average molecular weight is 313 g/mol. The molecule has 0 aromatic carbocycles. The molecule has 0 unspecified atom stereocenters. The summed E-state index contributed by atoms with van der Waals surface area (Å²) in [6, 6.07) is 6.09. The molecule has 0 saturated carbocycles. The number of halogens is 1. The van der Waals surface area contributed by atoms with Crippen molar-refractivity contribution in [2.75, 3.05) is 32.1 Å². The Balaban J connectivity index is 1.91. The predicted octanol–water partition coefficient (Wildman–Crippen LogP) is 2.71. The van der Waals surface area contributed by atoms with Crippen molar-refractivity contribution in [1.82, 2.24) is 9.88 Å². The van der Waals surface area contributed by atoms with Gasteiger partial charge in [0.05, 0.1) is 5.69 Å². The van der Waals surface area contributed by atoms with Crippen LogP contribution in [0.15, 0.2) is 24.4 Å². The van der Waals surface area contributed by atoms with Gasteiger partial charge >= 0.3 is 0 Å². The molecule has 1 fully saturated rings. The molecule has 0 radical (unpaired) electrons. The van der Waals surface area contributed by atoms with Crippen LogP contribution in [-0.2, 0) is 11.3 Å². The standard InChI is InChI=1S/C14H21BrN2O/c1-17(10-13-4-2-3-7-16-13)12-14(11-15)5-8-18-9-6-14/h2-4,7H,5-6,8-12H2,1H3. The van der Waals surface area contributed by atoms with Crippen LogP contribution in [0, 0.1) is 5.41 Å². The van der Waals surface area contributed by atoms with E-state index < -0.39 is 0 Å². The maximum atomic E-state index is 5.47. The lowest BCUT2D eigenvalue weighted by Gasteiger charge is -2.38. The van der Waals surface area contributed by atoms with Crippen LogP contribution < -0.4 is 0 Å². The van der Waals surface area contributed by atoms with Gasteiger partial charge in [-0.05, 0) is 37.4 Å². The lowest BCUT2D eigenvalue weighted by Crippen LogP contribution is -2.41. The van der Waals surface area contributed by atoms with E-state index >= 15 is 0 Å². The molecule has 0 bridgehead atoms.